The minimum absolute atomic E-state index is 0.123. The van der Waals surface area contributed by atoms with Gasteiger partial charge in [-0.2, -0.15) is 0 Å². The van der Waals surface area contributed by atoms with Crippen LogP contribution in [0.4, 0.5) is 11.4 Å². The van der Waals surface area contributed by atoms with Gasteiger partial charge in [0.2, 0.25) is 0 Å². The first-order chi connectivity index (χ1) is 10.5. The van der Waals surface area contributed by atoms with E-state index in [0.29, 0.717) is 0 Å². The van der Waals surface area contributed by atoms with E-state index in [4.69, 9.17) is 12.2 Å². The Labute approximate surface area is 145 Å². The van der Waals surface area contributed by atoms with Gasteiger partial charge in [-0.1, -0.05) is 6.07 Å². The van der Waals surface area contributed by atoms with Crippen LogP contribution < -0.4 is 10.6 Å². The van der Waals surface area contributed by atoms with Crippen molar-refractivity contribution in [1.82, 2.24) is 5.32 Å². The summed E-state index contributed by atoms with van der Waals surface area (Å²) in [6, 6.07) is 12.9. The number of nitrogens with zero attached hydrogens (tertiary/aromatic N) is 1. The molecule has 0 aliphatic carbocycles. The van der Waals surface area contributed by atoms with E-state index in [1.807, 2.05) is 24.3 Å². The first-order valence-corrected chi connectivity index (χ1v) is 7.57. The lowest BCUT2D eigenvalue weighted by Crippen LogP contribution is -2.34. The van der Waals surface area contributed by atoms with Crippen molar-refractivity contribution in [2.24, 2.45) is 0 Å². The molecule has 0 saturated carbocycles. The highest BCUT2D eigenvalue weighted by Crippen LogP contribution is 2.13. The van der Waals surface area contributed by atoms with E-state index in [0.717, 1.165) is 9.26 Å². The monoisotopic (exact) mass is 427 g/mol. The zero-order chi connectivity index (χ0) is 16.1. The van der Waals surface area contributed by atoms with Crippen molar-refractivity contribution in [3.05, 3.63) is 67.8 Å². The number of halogens is 1. The molecule has 0 spiro atoms. The van der Waals surface area contributed by atoms with Gasteiger partial charge in [0, 0.05) is 27.0 Å². The number of hydrogen-bond donors (Lipinski definition) is 2. The zero-order valence-electron chi connectivity index (χ0n) is 11.1. The Morgan fingerprint density at radius 2 is 1.86 bits per heavy atom. The molecule has 2 aromatic rings. The molecule has 8 heteroatoms. The molecule has 0 fully saturated rings. The molecular formula is C14H10IN3O3S. The molecule has 112 valence electrons. The Kier molecular flexibility index (Phi) is 5.39. The lowest BCUT2D eigenvalue weighted by molar-refractivity contribution is -0.384. The molecule has 1 amide bonds. The number of amides is 1. The van der Waals surface area contributed by atoms with Gasteiger partial charge in [-0.3, -0.25) is 20.2 Å². The highest BCUT2D eigenvalue weighted by atomic mass is 127. The Bertz CT molecular complexity index is 734. The van der Waals surface area contributed by atoms with Gasteiger partial charge in [-0.15, -0.1) is 0 Å². The number of nitro groups is 1. The average Bonchev–Trinajstić information content (AvgIpc) is 2.49. The summed E-state index contributed by atoms with van der Waals surface area (Å²) in [6.45, 7) is 0. The van der Waals surface area contributed by atoms with Crippen molar-refractivity contribution in [2.45, 2.75) is 0 Å². The molecule has 2 aromatic carbocycles. The fraction of sp³-hybridized carbons (Fsp3) is 0. The van der Waals surface area contributed by atoms with Crippen LogP contribution in [-0.4, -0.2) is 15.9 Å². The third-order valence-electron chi connectivity index (χ3n) is 2.65. The molecule has 0 saturated heterocycles. The maximum Gasteiger partial charge on any atom is 0.270 e. The van der Waals surface area contributed by atoms with Gasteiger partial charge < -0.3 is 5.32 Å². The summed E-state index contributed by atoms with van der Waals surface area (Å²) in [7, 11) is 0. The smallest absolute Gasteiger partial charge is 0.270 e. The van der Waals surface area contributed by atoms with Crippen molar-refractivity contribution in [1.29, 1.82) is 0 Å². The zero-order valence-corrected chi connectivity index (χ0v) is 14.1. The Hall–Kier alpha value is -2.07. The van der Waals surface area contributed by atoms with Crippen LogP contribution in [0, 0.1) is 13.7 Å². The van der Waals surface area contributed by atoms with E-state index >= 15 is 0 Å². The number of rotatable bonds is 3. The number of nitrogens with one attached hydrogen (secondary N) is 2. The van der Waals surface area contributed by atoms with Crippen molar-refractivity contribution in [3.63, 3.8) is 0 Å². The van der Waals surface area contributed by atoms with Gasteiger partial charge in [0.25, 0.3) is 11.6 Å². The average molecular weight is 427 g/mol. The fourth-order valence-electron chi connectivity index (χ4n) is 1.63. The summed E-state index contributed by atoms with van der Waals surface area (Å²) in [5, 5.41) is 16.2. The molecule has 0 radical (unpaired) electrons. The number of carbonyl (C=O) groups excluding carboxylic acids is 1. The standard InChI is InChI=1S/C14H10IN3O3S/c15-10-4-6-11(7-5-10)16-14(22)17-13(19)9-2-1-3-12(8-9)18(20)21/h1-8H,(H2,16,17,19,22). The van der Waals surface area contributed by atoms with Gasteiger partial charge in [-0.25, -0.2) is 0 Å². The predicted molar refractivity (Wildman–Crippen MR) is 95.9 cm³/mol. The van der Waals surface area contributed by atoms with E-state index in [1.54, 1.807) is 0 Å². The summed E-state index contributed by atoms with van der Waals surface area (Å²) < 4.78 is 1.08. The number of nitro benzene ring substituents is 1. The molecule has 0 heterocycles. The Balaban J connectivity index is 2.02. The van der Waals surface area contributed by atoms with Crippen molar-refractivity contribution < 1.29 is 9.72 Å². The quantitative estimate of drug-likeness (QED) is 0.340. The maximum atomic E-state index is 12.0. The number of carbonyl (C=O) groups is 1. The SMILES string of the molecule is O=C(NC(=S)Nc1ccc(I)cc1)c1cccc([N+](=O)[O-])c1. The van der Waals surface area contributed by atoms with Gasteiger partial charge >= 0.3 is 0 Å². The van der Waals surface area contributed by atoms with Crippen molar-refractivity contribution >= 4 is 57.2 Å². The number of anilines is 1. The molecule has 0 aliphatic rings. The fourth-order valence-corrected chi connectivity index (χ4v) is 2.20. The molecule has 2 N–H and O–H groups in total. The Morgan fingerprint density at radius 3 is 2.50 bits per heavy atom. The summed E-state index contributed by atoms with van der Waals surface area (Å²) in [5.41, 5.74) is 0.759. The van der Waals surface area contributed by atoms with Crippen molar-refractivity contribution in [2.75, 3.05) is 5.32 Å². The normalized spacial score (nSPS) is 9.86. The van der Waals surface area contributed by atoms with Crippen LogP contribution >= 0.6 is 34.8 Å². The summed E-state index contributed by atoms with van der Waals surface area (Å²) in [4.78, 5) is 22.2. The van der Waals surface area contributed by atoms with Gasteiger partial charge in [0.15, 0.2) is 5.11 Å². The largest absolute Gasteiger partial charge is 0.332 e. The van der Waals surface area contributed by atoms with E-state index in [-0.39, 0.29) is 16.4 Å². The second-order valence-corrected chi connectivity index (χ2v) is 5.88. The lowest BCUT2D eigenvalue weighted by atomic mass is 10.2. The maximum absolute atomic E-state index is 12.0. The molecule has 0 aliphatic heterocycles. The van der Waals surface area contributed by atoms with Gasteiger partial charge in [-0.05, 0) is 65.1 Å². The number of thiocarbonyl (C=S) groups is 1. The van der Waals surface area contributed by atoms with E-state index in [1.165, 1.54) is 24.3 Å². The molecule has 0 bridgehead atoms. The number of hydrogen-bond acceptors (Lipinski definition) is 4. The van der Waals surface area contributed by atoms with Crippen LogP contribution in [0.5, 0.6) is 0 Å². The third kappa shape index (κ3) is 4.46. The van der Waals surface area contributed by atoms with Crippen LogP contribution in [0.1, 0.15) is 10.4 Å². The second kappa shape index (κ2) is 7.27. The molecule has 2 rings (SSSR count). The Morgan fingerprint density at radius 1 is 1.18 bits per heavy atom. The molecule has 22 heavy (non-hydrogen) atoms. The van der Waals surface area contributed by atoms with Crippen LogP contribution in [0.25, 0.3) is 0 Å². The van der Waals surface area contributed by atoms with Crippen LogP contribution in [0.2, 0.25) is 0 Å². The van der Waals surface area contributed by atoms with Crippen LogP contribution in [0.15, 0.2) is 48.5 Å². The summed E-state index contributed by atoms with van der Waals surface area (Å²) in [5.74, 6) is -0.508. The van der Waals surface area contributed by atoms with Crippen LogP contribution in [-0.2, 0) is 0 Å². The van der Waals surface area contributed by atoms with Gasteiger partial charge in [0.05, 0.1) is 4.92 Å². The number of benzene rings is 2. The number of non-ortho nitro benzene ring substituents is 1. The highest BCUT2D eigenvalue weighted by molar-refractivity contribution is 14.1. The second-order valence-electron chi connectivity index (χ2n) is 4.22. The first kappa shape index (κ1) is 16.3. The summed E-state index contributed by atoms with van der Waals surface area (Å²) in [6.07, 6.45) is 0. The first-order valence-electron chi connectivity index (χ1n) is 6.08. The molecule has 0 atom stereocenters. The minimum atomic E-state index is -0.557. The third-order valence-corrected chi connectivity index (χ3v) is 3.57. The van der Waals surface area contributed by atoms with E-state index < -0.39 is 10.8 Å². The predicted octanol–water partition coefficient (Wildman–Crippen LogP) is 3.33. The lowest BCUT2D eigenvalue weighted by Gasteiger charge is -2.09. The van der Waals surface area contributed by atoms with Crippen molar-refractivity contribution in [3.8, 4) is 0 Å². The topological polar surface area (TPSA) is 84.3 Å². The van der Waals surface area contributed by atoms with E-state index in [2.05, 4.69) is 33.2 Å². The molecule has 0 aromatic heterocycles. The molecular weight excluding hydrogens is 417 g/mol. The van der Waals surface area contributed by atoms with Crippen LogP contribution in [0.3, 0.4) is 0 Å². The molecule has 0 unspecified atom stereocenters. The van der Waals surface area contributed by atoms with Gasteiger partial charge in [0.1, 0.15) is 0 Å². The minimum Gasteiger partial charge on any atom is -0.332 e. The highest BCUT2D eigenvalue weighted by Gasteiger charge is 2.12. The summed E-state index contributed by atoms with van der Waals surface area (Å²) >= 11 is 7.23. The van der Waals surface area contributed by atoms with E-state index in [9.17, 15) is 14.9 Å². The molecule has 6 nitrogen and oxygen atoms in total.